The maximum atomic E-state index is 13.1. The zero-order valence-corrected chi connectivity index (χ0v) is 16.9. The minimum atomic E-state index is -4.40. The zero-order valence-electron chi connectivity index (χ0n) is 16.2. The molecule has 1 aliphatic heterocycles. The van der Waals surface area contributed by atoms with Crippen LogP contribution in [0.4, 0.5) is 18.9 Å². The number of anilines is 1. The lowest BCUT2D eigenvalue weighted by atomic mass is 10.2. The monoisotopic (exact) mass is 475 g/mol. The van der Waals surface area contributed by atoms with Gasteiger partial charge in [0, 0.05) is 17.3 Å². The van der Waals surface area contributed by atoms with E-state index in [1.807, 2.05) is 0 Å². The van der Waals surface area contributed by atoms with Gasteiger partial charge in [0.05, 0.1) is 24.0 Å². The fourth-order valence-corrected chi connectivity index (χ4v) is 3.74. The Hall–Kier alpha value is -3.66. The Morgan fingerprint density at radius 3 is 2.52 bits per heavy atom. The first kappa shape index (κ1) is 22.5. The van der Waals surface area contributed by atoms with Gasteiger partial charge in [-0.15, -0.1) is 0 Å². The van der Waals surface area contributed by atoms with Crippen molar-refractivity contribution in [2.75, 3.05) is 18.1 Å². The summed E-state index contributed by atoms with van der Waals surface area (Å²) in [6.45, 7) is 0.453. The Kier molecular flexibility index (Phi) is 5.71. The van der Waals surface area contributed by atoms with Crippen LogP contribution in [0, 0.1) is 0 Å². The molecule has 0 unspecified atom stereocenters. The van der Waals surface area contributed by atoms with Gasteiger partial charge in [0.25, 0.3) is 5.91 Å². The van der Waals surface area contributed by atoms with Crippen molar-refractivity contribution in [2.24, 2.45) is 0 Å². The number of rotatable bonds is 2. The topological polar surface area (TPSA) is 73.1 Å². The lowest BCUT2D eigenvalue weighted by Gasteiger charge is -2.20. The quantitative estimate of drug-likeness (QED) is 0.374. The molecule has 0 bridgehead atoms. The number of benzene rings is 1. The van der Waals surface area contributed by atoms with E-state index in [0.29, 0.717) is 22.4 Å². The van der Waals surface area contributed by atoms with Crippen molar-refractivity contribution in [3.8, 4) is 11.6 Å². The normalized spacial score (nSPS) is 13.8. The molecule has 0 saturated heterocycles. The van der Waals surface area contributed by atoms with Crippen molar-refractivity contribution < 1.29 is 22.7 Å². The molecule has 5 rings (SSSR count). The van der Waals surface area contributed by atoms with Crippen molar-refractivity contribution in [1.82, 2.24) is 19.5 Å². The summed E-state index contributed by atoms with van der Waals surface area (Å²) in [5, 5.41) is 0.699. The van der Waals surface area contributed by atoms with Gasteiger partial charge in [-0.1, -0.05) is 19.0 Å². The number of hydrogen-bond donors (Lipinski definition) is 0. The molecule has 170 valence electrons. The Labute approximate surface area is 191 Å². The molecule has 1 amide bonds. The molecule has 0 spiro atoms. The smallest absolute Gasteiger partial charge is 0.416 e. The van der Waals surface area contributed by atoms with Gasteiger partial charge in [0.1, 0.15) is 29.3 Å². The molecule has 4 heterocycles. The predicted molar refractivity (Wildman–Crippen MR) is 117 cm³/mol. The van der Waals surface area contributed by atoms with E-state index in [1.165, 1.54) is 29.6 Å². The number of amides is 1. The summed E-state index contributed by atoms with van der Waals surface area (Å²) in [6.07, 6.45) is 0.0447. The number of hydrogen-bond acceptors (Lipinski definition) is 5. The van der Waals surface area contributed by atoms with Crippen LogP contribution in [0.3, 0.4) is 0 Å². The molecule has 0 N–H and O–H groups in total. The summed E-state index contributed by atoms with van der Waals surface area (Å²) in [6, 6.07) is 8.35. The first-order valence-corrected chi connectivity index (χ1v) is 9.80. The van der Waals surface area contributed by atoms with E-state index in [4.69, 9.17) is 16.3 Å². The summed E-state index contributed by atoms with van der Waals surface area (Å²) in [7, 11) is 0. The van der Waals surface area contributed by atoms with Crippen LogP contribution in [0.5, 0.6) is 5.88 Å². The number of alkyl halides is 3. The number of aromatic nitrogens is 4. The molecule has 3 aromatic heterocycles. The van der Waals surface area contributed by atoms with Gasteiger partial charge in [-0.25, -0.2) is 15.0 Å². The van der Waals surface area contributed by atoms with Crippen LogP contribution in [-0.4, -0.2) is 38.6 Å². The van der Waals surface area contributed by atoms with E-state index in [9.17, 15) is 18.0 Å². The van der Waals surface area contributed by atoms with Crippen LogP contribution >= 0.6 is 11.6 Å². The number of pyridine rings is 1. The van der Waals surface area contributed by atoms with Gasteiger partial charge in [-0.2, -0.15) is 13.2 Å². The number of carbonyl (C=O) groups excluding carboxylic acids is 1. The van der Waals surface area contributed by atoms with Crippen LogP contribution in [0.25, 0.3) is 16.7 Å². The van der Waals surface area contributed by atoms with E-state index >= 15 is 0 Å². The fraction of sp³-hybridized carbons (Fsp3) is 0.182. The number of fused-ring (bicyclic) bond motifs is 2. The third kappa shape index (κ3) is 3.97. The molecule has 0 fully saturated rings. The second-order valence-corrected chi connectivity index (χ2v) is 7.34. The number of halogens is 4. The van der Waals surface area contributed by atoms with E-state index in [0.717, 1.165) is 12.1 Å². The number of nitrogens with zero attached hydrogens (tertiary/aromatic N) is 5. The third-order valence-corrected chi connectivity index (χ3v) is 5.36. The lowest BCUT2D eigenvalue weighted by Crippen LogP contribution is -2.32. The molecule has 4 aromatic rings. The average molecular weight is 476 g/mol. The Balaban J connectivity index is 0.00000259. The molecular weight excluding hydrogens is 459 g/mol. The van der Waals surface area contributed by atoms with Crippen LogP contribution in [0.2, 0.25) is 5.15 Å². The van der Waals surface area contributed by atoms with Crippen molar-refractivity contribution in [3.63, 3.8) is 0 Å². The minimum absolute atomic E-state index is 0. The molecule has 33 heavy (non-hydrogen) atoms. The van der Waals surface area contributed by atoms with Crippen LogP contribution in [-0.2, 0) is 6.18 Å². The fourth-order valence-electron chi connectivity index (χ4n) is 3.53. The van der Waals surface area contributed by atoms with Crippen LogP contribution in [0.1, 0.15) is 23.3 Å². The molecule has 0 saturated carbocycles. The molecule has 1 aliphatic rings. The SMILES string of the molecule is C.O=C1c2c(Cl)ncnc2OCCN1c1cnc2c(ccn2-c2ccc(C(F)(F)F)cc2)c1. The van der Waals surface area contributed by atoms with E-state index < -0.39 is 17.6 Å². The molecule has 11 heteroatoms. The van der Waals surface area contributed by atoms with E-state index in [-0.39, 0.29) is 37.2 Å². The predicted octanol–water partition coefficient (Wildman–Crippen LogP) is 5.16. The minimum Gasteiger partial charge on any atom is -0.475 e. The van der Waals surface area contributed by atoms with E-state index in [1.54, 1.807) is 22.9 Å². The van der Waals surface area contributed by atoms with Crippen molar-refractivity contribution in [1.29, 1.82) is 0 Å². The van der Waals surface area contributed by atoms with Crippen molar-refractivity contribution in [2.45, 2.75) is 13.6 Å². The summed E-state index contributed by atoms with van der Waals surface area (Å²) in [4.78, 5) is 26.8. The molecule has 1 aromatic carbocycles. The van der Waals surface area contributed by atoms with Gasteiger partial charge in [0.2, 0.25) is 5.88 Å². The molecule has 0 atom stereocenters. The highest BCUT2D eigenvalue weighted by atomic mass is 35.5. The van der Waals surface area contributed by atoms with Gasteiger partial charge in [-0.3, -0.25) is 4.79 Å². The highest BCUT2D eigenvalue weighted by Crippen LogP contribution is 2.32. The highest BCUT2D eigenvalue weighted by molar-refractivity contribution is 6.33. The van der Waals surface area contributed by atoms with Crippen LogP contribution < -0.4 is 9.64 Å². The zero-order chi connectivity index (χ0) is 22.5. The summed E-state index contributed by atoms with van der Waals surface area (Å²) < 4.78 is 45.7. The van der Waals surface area contributed by atoms with Gasteiger partial charge in [0.15, 0.2) is 0 Å². The summed E-state index contributed by atoms with van der Waals surface area (Å²) in [5.74, 6) is -0.286. The second-order valence-electron chi connectivity index (χ2n) is 6.99. The first-order chi connectivity index (χ1) is 15.3. The Bertz CT molecular complexity index is 1340. The first-order valence-electron chi connectivity index (χ1n) is 9.43. The van der Waals surface area contributed by atoms with Gasteiger partial charge in [-0.05, 0) is 36.4 Å². The summed E-state index contributed by atoms with van der Waals surface area (Å²) in [5.41, 5.74) is 0.940. The van der Waals surface area contributed by atoms with Gasteiger partial charge < -0.3 is 14.2 Å². The number of ether oxygens (including phenoxy) is 1. The molecule has 0 aliphatic carbocycles. The second kappa shape index (κ2) is 8.36. The van der Waals surface area contributed by atoms with Crippen molar-refractivity contribution in [3.05, 3.63) is 71.4 Å². The van der Waals surface area contributed by atoms with Gasteiger partial charge >= 0.3 is 6.18 Å². The third-order valence-electron chi connectivity index (χ3n) is 5.08. The van der Waals surface area contributed by atoms with Crippen molar-refractivity contribution >= 4 is 34.2 Å². The standard InChI is InChI=1S/C21H13ClF3N5O2.CH4/c22-17-16-19(28-11-27-17)32-8-7-30(20(16)31)15-9-12-5-6-29(18(12)26-10-15)14-3-1-13(2-4-14)21(23,24)25;/h1-6,9-11H,7-8H2;1H4. The largest absolute Gasteiger partial charge is 0.475 e. The Morgan fingerprint density at radius 2 is 1.79 bits per heavy atom. The number of carbonyl (C=O) groups is 1. The maximum absolute atomic E-state index is 13.1. The van der Waals surface area contributed by atoms with Crippen LogP contribution in [0.15, 0.2) is 55.1 Å². The van der Waals surface area contributed by atoms with E-state index in [2.05, 4.69) is 15.0 Å². The lowest BCUT2D eigenvalue weighted by molar-refractivity contribution is -0.137. The average Bonchev–Trinajstić information content (AvgIpc) is 3.11. The molecule has 7 nitrogen and oxygen atoms in total. The highest BCUT2D eigenvalue weighted by Gasteiger charge is 2.31. The maximum Gasteiger partial charge on any atom is 0.416 e. The summed E-state index contributed by atoms with van der Waals surface area (Å²) >= 11 is 6.10. The Morgan fingerprint density at radius 1 is 1.03 bits per heavy atom. The molecular formula is C22H17ClF3N5O2. The molecule has 0 radical (unpaired) electrons.